The lowest BCUT2D eigenvalue weighted by Gasteiger charge is -2.33. The molecule has 1 fully saturated rings. The van der Waals surface area contributed by atoms with Crippen LogP contribution in [-0.2, 0) is 9.59 Å². The first kappa shape index (κ1) is 14.4. The highest BCUT2D eigenvalue weighted by molar-refractivity contribution is 6.39. The highest BCUT2D eigenvalue weighted by Crippen LogP contribution is 2.05. The Labute approximate surface area is 117 Å². The number of amides is 2. The summed E-state index contributed by atoms with van der Waals surface area (Å²) in [6.45, 7) is 3.05. The third-order valence-corrected chi connectivity index (χ3v) is 3.19. The number of rotatable bonds is 3. The van der Waals surface area contributed by atoms with Crippen molar-refractivity contribution >= 4 is 17.5 Å². The van der Waals surface area contributed by atoms with Crippen LogP contribution in [0.4, 0.5) is 5.69 Å². The van der Waals surface area contributed by atoms with E-state index < -0.39 is 11.8 Å². The van der Waals surface area contributed by atoms with Crippen LogP contribution < -0.4 is 5.32 Å². The maximum Gasteiger partial charge on any atom is 0.313 e. The number of pyridine rings is 1. The van der Waals surface area contributed by atoms with Crippen LogP contribution in [0.3, 0.4) is 0 Å². The molecule has 108 valence electrons. The average Bonchev–Trinajstić information content (AvgIpc) is 2.48. The fraction of sp³-hybridized carbons (Fsp3) is 0.462. The van der Waals surface area contributed by atoms with Gasteiger partial charge >= 0.3 is 11.8 Å². The quantitative estimate of drug-likeness (QED) is 0.704. The van der Waals surface area contributed by atoms with Crippen molar-refractivity contribution in [1.29, 1.82) is 0 Å². The first-order valence-corrected chi connectivity index (χ1v) is 6.54. The zero-order valence-electron chi connectivity index (χ0n) is 11.2. The number of nitrogens with one attached hydrogen (secondary N) is 1. The molecule has 2 N–H and O–H groups in total. The van der Waals surface area contributed by atoms with E-state index in [1.54, 1.807) is 18.3 Å². The van der Waals surface area contributed by atoms with Gasteiger partial charge in [-0.3, -0.25) is 19.5 Å². The molecular formula is C13H18N4O3. The fourth-order valence-electron chi connectivity index (χ4n) is 2.08. The van der Waals surface area contributed by atoms with Crippen LogP contribution in [0.25, 0.3) is 0 Å². The van der Waals surface area contributed by atoms with E-state index >= 15 is 0 Å². The number of hydrogen-bond donors (Lipinski definition) is 2. The second-order valence-corrected chi connectivity index (χ2v) is 4.55. The Bertz CT molecular complexity index is 458. The van der Waals surface area contributed by atoms with Crippen molar-refractivity contribution in [2.75, 3.05) is 44.6 Å². The molecule has 0 atom stereocenters. The summed E-state index contributed by atoms with van der Waals surface area (Å²) >= 11 is 0. The van der Waals surface area contributed by atoms with E-state index in [1.807, 2.05) is 0 Å². The molecule has 0 unspecified atom stereocenters. The van der Waals surface area contributed by atoms with Gasteiger partial charge in [-0.15, -0.1) is 0 Å². The zero-order chi connectivity index (χ0) is 14.4. The molecule has 2 rings (SSSR count). The van der Waals surface area contributed by atoms with Crippen LogP contribution in [-0.4, -0.2) is 71.0 Å². The van der Waals surface area contributed by atoms with E-state index in [0.29, 0.717) is 38.4 Å². The van der Waals surface area contributed by atoms with Gasteiger partial charge in [-0.1, -0.05) is 0 Å². The predicted molar refractivity (Wildman–Crippen MR) is 73.0 cm³/mol. The molecule has 7 nitrogen and oxygen atoms in total. The molecule has 0 aromatic carbocycles. The summed E-state index contributed by atoms with van der Waals surface area (Å²) in [6.07, 6.45) is 3.09. The smallest absolute Gasteiger partial charge is 0.313 e. The van der Waals surface area contributed by atoms with Crippen molar-refractivity contribution < 1.29 is 14.7 Å². The average molecular weight is 278 g/mol. The largest absolute Gasteiger partial charge is 0.395 e. The van der Waals surface area contributed by atoms with Crippen LogP contribution in [0.5, 0.6) is 0 Å². The lowest BCUT2D eigenvalue weighted by Crippen LogP contribution is -2.52. The summed E-state index contributed by atoms with van der Waals surface area (Å²) in [5, 5.41) is 11.4. The Morgan fingerprint density at radius 2 is 2.05 bits per heavy atom. The van der Waals surface area contributed by atoms with E-state index in [9.17, 15) is 9.59 Å². The number of piperazine rings is 1. The highest BCUT2D eigenvalue weighted by Gasteiger charge is 2.25. The van der Waals surface area contributed by atoms with Gasteiger partial charge in [-0.05, 0) is 12.1 Å². The number of β-amino-alcohol motifs (C(OH)–C–C–N with tert-alkyl or cyclic N) is 1. The maximum absolute atomic E-state index is 12.0. The molecular weight excluding hydrogens is 260 g/mol. The molecule has 0 radical (unpaired) electrons. The summed E-state index contributed by atoms with van der Waals surface area (Å²) in [5.41, 5.74) is 0.504. The fourth-order valence-corrected chi connectivity index (χ4v) is 2.08. The molecule has 0 bridgehead atoms. The zero-order valence-corrected chi connectivity index (χ0v) is 11.2. The molecule has 2 heterocycles. The van der Waals surface area contributed by atoms with Gasteiger partial charge < -0.3 is 15.3 Å². The number of aliphatic hydroxyl groups excluding tert-OH is 1. The van der Waals surface area contributed by atoms with Crippen molar-refractivity contribution in [2.45, 2.75) is 0 Å². The minimum absolute atomic E-state index is 0.107. The van der Waals surface area contributed by atoms with Crippen molar-refractivity contribution in [1.82, 2.24) is 14.8 Å². The first-order valence-electron chi connectivity index (χ1n) is 6.54. The lowest BCUT2D eigenvalue weighted by atomic mass is 10.3. The number of carbonyl (C=O) groups excluding carboxylic acids is 2. The van der Waals surface area contributed by atoms with Gasteiger partial charge in [0, 0.05) is 38.9 Å². The van der Waals surface area contributed by atoms with E-state index in [1.165, 1.54) is 11.1 Å². The molecule has 2 amide bonds. The topological polar surface area (TPSA) is 85.8 Å². The highest BCUT2D eigenvalue weighted by atomic mass is 16.3. The van der Waals surface area contributed by atoms with Crippen LogP contribution in [0.1, 0.15) is 0 Å². The van der Waals surface area contributed by atoms with Gasteiger partial charge in [0.2, 0.25) is 0 Å². The number of hydrogen-bond acceptors (Lipinski definition) is 5. The summed E-state index contributed by atoms with van der Waals surface area (Å²) < 4.78 is 0. The molecule has 0 aliphatic carbocycles. The monoisotopic (exact) mass is 278 g/mol. The molecule has 1 aromatic heterocycles. The van der Waals surface area contributed by atoms with Gasteiger partial charge in [0.1, 0.15) is 0 Å². The Balaban J connectivity index is 1.84. The molecule has 0 saturated carbocycles. The summed E-state index contributed by atoms with van der Waals surface area (Å²) in [6, 6.07) is 3.37. The molecule has 1 aromatic rings. The molecule has 0 spiro atoms. The number of aromatic nitrogens is 1. The molecule has 1 aliphatic heterocycles. The van der Waals surface area contributed by atoms with Crippen molar-refractivity contribution in [3.05, 3.63) is 24.5 Å². The summed E-state index contributed by atoms with van der Waals surface area (Å²) in [7, 11) is 0. The van der Waals surface area contributed by atoms with Gasteiger partial charge in [0.25, 0.3) is 0 Å². The van der Waals surface area contributed by atoms with E-state index in [-0.39, 0.29) is 6.61 Å². The Hall–Kier alpha value is -1.99. The first-order chi connectivity index (χ1) is 9.70. The van der Waals surface area contributed by atoms with Gasteiger partial charge in [-0.2, -0.15) is 0 Å². The van der Waals surface area contributed by atoms with Crippen molar-refractivity contribution in [3.8, 4) is 0 Å². The van der Waals surface area contributed by atoms with E-state index in [0.717, 1.165) is 0 Å². The second-order valence-electron chi connectivity index (χ2n) is 4.55. The third-order valence-electron chi connectivity index (χ3n) is 3.19. The SMILES string of the molecule is O=C(Nc1cccnc1)C(=O)N1CCN(CCO)CC1. The Morgan fingerprint density at radius 3 is 2.65 bits per heavy atom. The van der Waals surface area contributed by atoms with Crippen LogP contribution in [0.15, 0.2) is 24.5 Å². The standard InChI is InChI=1S/C13H18N4O3/c18-9-8-16-4-6-17(7-5-16)13(20)12(19)15-11-2-1-3-14-10-11/h1-3,10,18H,4-9H2,(H,15,19). The van der Waals surface area contributed by atoms with Gasteiger partial charge in [0.15, 0.2) is 0 Å². The van der Waals surface area contributed by atoms with Crippen LogP contribution in [0, 0.1) is 0 Å². The second kappa shape index (κ2) is 6.97. The number of carbonyl (C=O) groups is 2. The van der Waals surface area contributed by atoms with Crippen LogP contribution in [0.2, 0.25) is 0 Å². The summed E-state index contributed by atoms with van der Waals surface area (Å²) in [5.74, 6) is -1.17. The van der Waals surface area contributed by atoms with Gasteiger partial charge in [-0.25, -0.2) is 0 Å². The third kappa shape index (κ3) is 3.75. The number of nitrogens with zero attached hydrogens (tertiary/aromatic N) is 3. The molecule has 20 heavy (non-hydrogen) atoms. The molecule has 1 saturated heterocycles. The van der Waals surface area contributed by atoms with Crippen molar-refractivity contribution in [3.63, 3.8) is 0 Å². The number of anilines is 1. The molecule has 1 aliphatic rings. The Morgan fingerprint density at radius 1 is 1.30 bits per heavy atom. The van der Waals surface area contributed by atoms with E-state index in [2.05, 4.69) is 15.2 Å². The minimum atomic E-state index is -0.645. The molecule has 7 heteroatoms. The van der Waals surface area contributed by atoms with E-state index in [4.69, 9.17) is 5.11 Å². The summed E-state index contributed by atoms with van der Waals surface area (Å²) in [4.78, 5) is 31.3. The van der Waals surface area contributed by atoms with Crippen molar-refractivity contribution in [2.24, 2.45) is 0 Å². The van der Waals surface area contributed by atoms with Crippen LogP contribution >= 0.6 is 0 Å². The Kier molecular flexibility index (Phi) is 5.03. The number of aliphatic hydroxyl groups is 1. The predicted octanol–water partition coefficient (Wildman–Crippen LogP) is -0.843. The minimum Gasteiger partial charge on any atom is -0.395 e. The normalized spacial score (nSPS) is 15.9. The van der Waals surface area contributed by atoms with Gasteiger partial charge in [0.05, 0.1) is 18.5 Å². The maximum atomic E-state index is 12.0. The lowest BCUT2D eigenvalue weighted by molar-refractivity contribution is -0.144.